The molecule has 0 aliphatic rings. The molecule has 1 amide bonds. The van der Waals surface area contributed by atoms with Gasteiger partial charge in [-0.15, -0.1) is 0 Å². The number of aliphatic hydroxyl groups is 1. The van der Waals surface area contributed by atoms with Crippen LogP contribution in [0.2, 0.25) is 0 Å². The minimum atomic E-state index is -0.646. The molecule has 1 unspecified atom stereocenters. The van der Waals surface area contributed by atoms with Crippen molar-refractivity contribution < 1.29 is 24.2 Å². The normalized spacial score (nSPS) is 12.4. The van der Waals surface area contributed by atoms with Gasteiger partial charge in [-0.2, -0.15) is 0 Å². The Bertz CT molecular complexity index is 728. The third kappa shape index (κ3) is 31.9. The van der Waals surface area contributed by atoms with Crippen molar-refractivity contribution in [1.82, 2.24) is 9.80 Å². The topological polar surface area (TPSA) is 79.3 Å². The van der Waals surface area contributed by atoms with Crippen molar-refractivity contribution in [1.29, 1.82) is 0 Å². The van der Waals surface area contributed by atoms with E-state index in [0.717, 1.165) is 135 Å². The van der Waals surface area contributed by atoms with Crippen molar-refractivity contribution in [2.24, 2.45) is 0 Å². The fourth-order valence-corrected chi connectivity index (χ4v) is 6.47. The number of carbonyl (C=O) groups is 2. The van der Waals surface area contributed by atoms with Crippen LogP contribution in [0, 0.1) is 0 Å². The third-order valence-corrected chi connectivity index (χ3v) is 9.44. The predicted molar refractivity (Wildman–Crippen MR) is 202 cm³/mol. The number of amides is 1. The minimum Gasteiger partial charge on any atom is -0.461 e. The summed E-state index contributed by atoms with van der Waals surface area (Å²) in [6.07, 6.45) is 28.0. The summed E-state index contributed by atoms with van der Waals surface area (Å²) in [5, 5.41) is 10.6. The molecule has 0 aromatic heterocycles. The van der Waals surface area contributed by atoms with E-state index in [1.807, 2.05) is 20.2 Å². The maximum Gasteiger partial charge on any atom is 0.306 e. The summed E-state index contributed by atoms with van der Waals surface area (Å²) in [6.45, 7) is 9.53. The summed E-state index contributed by atoms with van der Waals surface area (Å²) in [6, 6.07) is 0. The number of hydrogen-bond donors (Lipinski definition) is 1. The number of ether oxygens (including phenoxy) is 2. The van der Waals surface area contributed by atoms with Gasteiger partial charge < -0.3 is 24.4 Å². The molecule has 0 aromatic carbocycles. The molecule has 278 valence electrons. The van der Waals surface area contributed by atoms with Crippen LogP contribution in [-0.4, -0.2) is 84.6 Å². The number of esters is 1. The van der Waals surface area contributed by atoms with Crippen LogP contribution in [0.1, 0.15) is 168 Å². The monoisotopic (exact) mass is 685 g/mol. The Balaban J connectivity index is 4.21. The van der Waals surface area contributed by atoms with Gasteiger partial charge in [0.2, 0.25) is 0 Å². The number of aliphatic hydroxyl groups excluding tert-OH is 1. The second-order valence-corrected chi connectivity index (χ2v) is 14.5. The van der Waals surface area contributed by atoms with Crippen molar-refractivity contribution in [3.63, 3.8) is 0 Å². The molecule has 0 aliphatic heterocycles. The summed E-state index contributed by atoms with van der Waals surface area (Å²) in [5.74, 6) is 0.713. The van der Waals surface area contributed by atoms with E-state index in [2.05, 4.69) is 36.6 Å². The van der Waals surface area contributed by atoms with Crippen molar-refractivity contribution >= 4 is 23.0 Å². The minimum absolute atomic E-state index is 0.102. The lowest BCUT2D eigenvalue weighted by molar-refractivity contribution is -0.144. The highest BCUT2D eigenvalue weighted by Gasteiger charge is 2.15. The molecule has 0 fully saturated rings. The summed E-state index contributed by atoms with van der Waals surface area (Å²) >= 11 is 1.44. The first-order valence-corrected chi connectivity index (χ1v) is 20.5. The van der Waals surface area contributed by atoms with E-state index in [-0.39, 0.29) is 17.3 Å². The Morgan fingerprint density at radius 2 is 1.26 bits per heavy atom. The number of allylic oxidation sites excluding steroid dienone is 1. The first kappa shape index (κ1) is 45.9. The molecule has 1 atom stereocenters. The van der Waals surface area contributed by atoms with Crippen LogP contribution in [0.5, 0.6) is 0 Å². The van der Waals surface area contributed by atoms with Gasteiger partial charge in [0.05, 0.1) is 6.10 Å². The van der Waals surface area contributed by atoms with Crippen LogP contribution >= 0.6 is 11.8 Å². The number of carbonyl (C=O) groups excluding carboxylic acids is 2. The highest BCUT2D eigenvalue weighted by molar-refractivity contribution is 8.13. The summed E-state index contributed by atoms with van der Waals surface area (Å²) < 4.78 is 11.3. The molecule has 0 radical (unpaired) electrons. The van der Waals surface area contributed by atoms with E-state index in [1.54, 1.807) is 0 Å². The first-order chi connectivity index (χ1) is 22.8. The molecule has 0 rings (SSSR count). The summed E-state index contributed by atoms with van der Waals surface area (Å²) in [4.78, 5) is 29.1. The number of nitrogens with zero attached hydrogens (tertiary/aromatic N) is 2. The maximum absolute atomic E-state index is 13.0. The molecule has 1 N–H and O–H groups in total. The highest BCUT2D eigenvalue weighted by Crippen LogP contribution is 2.18. The highest BCUT2D eigenvalue weighted by atomic mass is 32.2. The van der Waals surface area contributed by atoms with Crippen LogP contribution in [0.15, 0.2) is 12.2 Å². The third-order valence-electron chi connectivity index (χ3n) is 8.55. The van der Waals surface area contributed by atoms with Gasteiger partial charge in [0, 0.05) is 31.8 Å². The van der Waals surface area contributed by atoms with Crippen LogP contribution in [-0.2, 0) is 14.3 Å². The van der Waals surface area contributed by atoms with E-state index in [4.69, 9.17) is 9.47 Å². The quantitative estimate of drug-likeness (QED) is 0.0313. The Morgan fingerprint density at radius 1 is 0.681 bits per heavy atom. The summed E-state index contributed by atoms with van der Waals surface area (Å²) in [5.41, 5.74) is 0. The van der Waals surface area contributed by atoms with Gasteiger partial charge in [-0.3, -0.25) is 9.59 Å². The molecule has 0 bridgehead atoms. The van der Waals surface area contributed by atoms with Crippen molar-refractivity contribution in [2.45, 2.75) is 181 Å². The van der Waals surface area contributed by atoms with Crippen LogP contribution < -0.4 is 0 Å². The van der Waals surface area contributed by atoms with Crippen molar-refractivity contribution in [3.05, 3.63) is 12.2 Å². The van der Waals surface area contributed by atoms with Gasteiger partial charge in [-0.1, -0.05) is 128 Å². The average molecular weight is 685 g/mol. The molecule has 0 aliphatic carbocycles. The molecule has 0 aromatic rings. The SMILES string of the molecule is CCCCCC/C=C\COC(=O)CCCCCCCN(CCCCCCCC(O)OC(CCCC)CCCC)C(=O)SCCN(C)C. The second kappa shape index (κ2) is 34.8. The molecule has 47 heavy (non-hydrogen) atoms. The van der Waals surface area contributed by atoms with Gasteiger partial charge in [-0.05, 0) is 71.9 Å². The number of hydrogen-bond acceptors (Lipinski definition) is 7. The summed E-state index contributed by atoms with van der Waals surface area (Å²) in [7, 11) is 4.08. The standard InChI is InChI=1S/C39H76N2O5S/c1-6-9-12-13-14-21-26-34-45-37(42)29-22-17-15-19-24-31-41(39(44)47-35-33-40(4)5)32-25-20-16-18-23-30-38(43)46-36(27-10-7-2)28-11-8-3/h21,26,36,38,43H,6-20,22-25,27-35H2,1-5H3/b26-21-. The lowest BCUT2D eigenvalue weighted by atomic mass is 10.1. The first-order valence-electron chi connectivity index (χ1n) is 19.5. The second-order valence-electron chi connectivity index (χ2n) is 13.5. The van der Waals surface area contributed by atoms with E-state index >= 15 is 0 Å². The van der Waals surface area contributed by atoms with Crippen LogP contribution in [0.4, 0.5) is 4.79 Å². The number of rotatable bonds is 34. The molecule has 7 nitrogen and oxygen atoms in total. The molecule has 0 saturated heterocycles. The Hall–Kier alpha value is -1.09. The van der Waals surface area contributed by atoms with Gasteiger partial charge >= 0.3 is 5.97 Å². The smallest absolute Gasteiger partial charge is 0.306 e. The molecule has 8 heteroatoms. The lowest BCUT2D eigenvalue weighted by Gasteiger charge is -2.23. The zero-order valence-corrected chi connectivity index (χ0v) is 32.3. The van der Waals surface area contributed by atoms with E-state index < -0.39 is 6.29 Å². The Labute approximate surface area is 295 Å². The fourth-order valence-electron chi connectivity index (χ4n) is 5.48. The zero-order chi connectivity index (χ0) is 34.8. The maximum atomic E-state index is 13.0. The van der Waals surface area contributed by atoms with Crippen LogP contribution in [0.25, 0.3) is 0 Å². The molecule has 0 heterocycles. The van der Waals surface area contributed by atoms with Crippen molar-refractivity contribution in [2.75, 3.05) is 46.1 Å². The number of thioether (sulfide) groups is 1. The molecule has 0 saturated carbocycles. The predicted octanol–water partition coefficient (Wildman–Crippen LogP) is 10.5. The Kier molecular flexibility index (Phi) is 34.0. The van der Waals surface area contributed by atoms with E-state index in [0.29, 0.717) is 19.4 Å². The molecular weight excluding hydrogens is 609 g/mol. The van der Waals surface area contributed by atoms with Gasteiger partial charge in [0.15, 0.2) is 6.29 Å². The molecule has 0 spiro atoms. The van der Waals surface area contributed by atoms with Gasteiger partial charge in [0.1, 0.15) is 6.61 Å². The fraction of sp³-hybridized carbons (Fsp3) is 0.897. The number of unbranched alkanes of at least 4 members (excludes halogenated alkanes) is 14. The van der Waals surface area contributed by atoms with E-state index in [1.165, 1.54) is 37.4 Å². The Morgan fingerprint density at radius 3 is 1.87 bits per heavy atom. The van der Waals surface area contributed by atoms with Crippen LogP contribution in [0.3, 0.4) is 0 Å². The van der Waals surface area contributed by atoms with E-state index in [9.17, 15) is 14.7 Å². The van der Waals surface area contributed by atoms with Gasteiger partial charge in [0.25, 0.3) is 5.24 Å². The van der Waals surface area contributed by atoms with Crippen molar-refractivity contribution in [3.8, 4) is 0 Å². The molecular formula is C39H76N2O5S. The van der Waals surface area contributed by atoms with Gasteiger partial charge in [-0.25, -0.2) is 0 Å². The average Bonchev–Trinajstić information content (AvgIpc) is 3.04. The lowest BCUT2D eigenvalue weighted by Crippen LogP contribution is -2.30. The largest absolute Gasteiger partial charge is 0.461 e. The zero-order valence-electron chi connectivity index (χ0n) is 31.5.